The molecular weight excluding hydrogens is 182 g/mol. The van der Waals surface area contributed by atoms with Crippen LogP contribution in [0.25, 0.3) is 0 Å². The number of carboxylic acids is 1. The van der Waals surface area contributed by atoms with Crippen LogP contribution in [0.4, 0.5) is 0 Å². The minimum atomic E-state index is -0.971. The van der Waals surface area contributed by atoms with Crippen LogP contribution in [0, 0.1) is 0 Å². The van der Waals surface area contributed by atoms with Gasteiger partial charge in [-0.2, -0.15) is 0 Å². The number of carbonyl (C=O) groups is 1. The van der Waals surface area contributed by atoms with E-state index in [2.05, 4.69) is 4.98 Å². The number of hydrogen-bond acceptors (Lipinski definition) is 3. The average Bonchev–Trinajstić information content (AvgIpc) is 2.84. The molecule has 1 N–H and O–H groups in total. The number of aromatic nitrogens is 1. The highest BCUT2D eigenvalue weighted by Gasteiger charge is 2.40. The fourth-order valence-corrected chi connectivity index (χ4v) is 1.10. The molecule has 0 atom stereocenters. The molecular formula is C10H11NO3. The smallest absolute Gasteiger partial charge is 0.337 e. The number of ether oxygens (including phenoxy) is 1. The van der Waals surface area contributed by atoms with Gasteiger partial charge in [0.25, 0.3) is 0 Å². The molecule has 0 saturated heterocycles. The maximum Gasteiger partial charge on any atom is 0.337 e. The van der Waals surface area contributed by atoms with Gasteiger partial charge in [0.2, 0.25) is 5.88 Å². The molecule has 4 heteroatoms. The Morgan fingerprint density at radius 1 is 1.57 bits per heavy atom. The molecule has 14 heavy (non-hydrogen) atoms. The molecule has 1 aliphatic carbocycles. The van der Waals surface area contributed by atoms with Crippen LogP contribution >= 0.6 is 0 Å². The van der Waals surface area contributed by atoms with E-state index in [0.717, 1.165) is 12.8 Å². The van der Waals surface area contributed by atoms with Gasteiger partial charge in [0, 0.05) is 12.3 Å². The van der Waals surface area contributed by atoms with Crippen LogP contribution in [0.15, 0.2) is 18.3 Å². The second kappa shape index (κ2) is 2.97. The Bertz CT molecular complexity index is 354. The van der Waals surface area contributed by atoms with E-state index in [1.165, 1.54) is 12.3 Å². The molecule has 1 saturated carbocycles. The SMILES string of the molecule is CC1(Oc2ccc(C(=O)O)cn2)CC1. The van der Waals surface area contributed by atoms with Crippen molar-refractivity contribution >= 4 is 5.97 Å². The molecule has 0 spiro atoms. The highest BCUT2D eigenvalue weighted by Crippen LogP contribution is 2.38. The summed E-state index contributed by atoms with van der Waals surface area (Å²) in [5, 5.41) is 8.64. The molecule has 1 aromatic rings. The van der Waals surface area contributed by atoms with Crippen LogP contribution in [-0.2, 0) is 0 Å². The first-order chi connectivity index (χ1) is 6.59. The summed E-state index contributed by atoms with van der Waals surface area (Å²) < 4.78 is 5.54. The van der Waals surface area contributed by atoms with Crippen molar-refractivity contribution < 1.29 is 14.6 Å². The number of aromatic carboxylic acids is 1. The molecule has 1 heterocycles. The van der Waals surface area contributed by atoms with Gasteiger partial charge in [0.05, 0.1) is 5.56 Å². The summed E-state index contributed by atoms with van der Waals surface area (Å²) in [6.07, 6.45) is 3.38. The Hall–Kier alpha value is -1.58. The van der Waals surface area contributed by atoms with Gasteiger partial charge in [-0.05, 0) is 25.8 Å². The number of hydrogen-bond donors (Lipinski definition) is 1. The maximum absolute atomic E-state index is 10.5. The van der Waals surface area contributed by atoms with E-state index in [4.69, 9.17) is 9.84 Å². The van der Waals surface area contributed by atoms with Crippen molar-refractivity contribution in [3.05, 3.63) is 23.9 Å². The third-order valence-corrected chi connectivity index (χ3v) is 2.29. The van der Waals surface area contributed by atoms with Crippen molar-refractivity contribution in [3.63, 3.8) is 0 Å². The summed E-state index contributed by atoms with van der Waals surface area (Å²) in [7, 11) is 0. The van der Waals surface area contributed by atoms with Crippen molar-refractivity contribution in [2.45, 2.75) is 25.4 Å². The average molecular weight is 193 g/mol. The highest BCUT2D eigenvalue weighted by molar-refractivity contribution is 5.87. The Kier molecular flexibility index (Phi) is 1.91. The summed E-state index contributed by atoms with van der Waals surface area (Å²) in [5.74, 6) is -0.475. The minimum Gasteiger partial charge on any atom is -0.478 e. The predicted octanol–water partition coefficient (Wildman–Crippen LogP) is 1.71. The van der Waals surface area contributed by atoms with E-state index in [-0.39, 0.29) is 11.2 Å². The molecule has 2 rings (SSSR count). The van der Waals surface area contributed by atoms with Gasteiger partial charge in [0.1, 0.15) is 5.60 Å². The Morgan fingerprint density at radius 3 is 2.71 bits per heavy atom. The molecule has 0 unspecified atom stereocenters. The predicted molar refractivity (Wildman–Crippen MR) is 49.5 cm³/mol. The van der Waals surface area contributed by atoms with Crippen LogP contribution in [-0.4, -0.2) is 21.7 Å². The first-order valence-electron chi connectivity index (χ1n) is 4.47. The van der Waals surface area contributed by atoms with Gasteiger partial charge < -0.3 is 9.84 Å². The van der Waals surface area contributed by atoms with Gasteiger partial charge in [0.15, 0.2) is 0 Å². The van der Waals surface area contributed by atoms with Gasteiger partial charge in [-0.3, -0.25) is 0 Å². The number of nitrogens with zero attached hydrogens (tertiary/aromatic N) is 1. The lowest BCUT2D eigenvalue weighted by Crippen LogP contribution is -2.13. The summed E-state index contributed by atoms with van der Waals surface area (Å²) >= 11 is 0. The zero-order valence-corrected chi connectivity index (χ0v) is 7.86. The maximum atomic E-state index is 10.5. The van der Waals surface area contributed by atoms with E-state index in [9.17, 15) is 4.79 Å². The van der Waals surface area contributed by atoms with Gasteiger partial charge in [-0.1, -0.05) is 0 Å². The molecule has 4 nitrogen and oxygen atoms in total. The Morgan fingerprint density at radius 2 is 2.29 bits per heavy atom. The molecule has 0 bridgehead atoms. The second-order valence-electron chi connectivity index (χ2n) is 3.74. The van der Waals surface area contributed by atoms with E-state index >= 15 is 0 Å². The fraction of sp³-hybridized carbons (Fsp3) is 0.400. The summed E-state index contributed by atoms with van der Waals surface area (Å²) in [6, 6.07) is 3.09. The lowest BCUT2D eigenvalue weighted by Gasteiger charge is -2.10. The first-order valence-corrected chi connectivity index (χ1v) is 4.47. The monoisotopic (exact) mass is 193 g/mol. The van der Waals surface area contributed by atoms with Crippen molar-refractivity contribution in [2.75, 3.05) is 0 Å². The van der Waals surface area contributed by atoms with Crippen LogP contribution < -0.4 is 4.74 Å². The minimum absolute atomic E-state index is 0.0717. The van der Waals surface area contributed by atoms with E-state index < -0.39 is 5.97 Å². The topological polar surface area (TPSA) is 59.4 Å². The van der Waals surface area contributed by atoms with E-state index in [1.807, 2.05) is 6.92 Å². The standard InChI is InChI=1S/C10H11NO3/c1-10(4-5-10)14-8-3-2-7(6-11-8)9(12)13/h2-3,6H,4-5H2,1H3,(H,12,13). The molecule has 0 aromatic carbocycles. The number of pyridine rings is 1. The van der Waals surface area contributed by atoms with Crippen LogP contribution in [0.3, 0.4) is 0 Å². The van der Waals surface area contributed by atoms with E-state index in [1.54, 1.807) is 6.07 Å². The zero-order valence-electron chi connectivity index (χ0n) is 7.86. The molecule has 0 aliphatic heterocycles. The van der Waals surface area contributed by atoms with E-state index in [0.29, 0.717) is 5.88 Å². The van der Waals surface area contributed by atoms with Gasteiger partial charge >= 0.3 is 5.97 Å². The van der Waals surface area contributed by atoms with Gasteiger partial charge in [-0.25, -0.2) is 9.78 Å². The van der Waals surface area contributed by atoms with Crippen molar-refractivity contribution in [3.8, 4) is 5.88 Å². The largest absolute Gasteiger partial charge is 0.478 e. The first kappa shape index (κ1) is 8.99. The van der Waals surface area contributed by atoms with Crippen LogP contribution in [0.1, 0.15) is 30.1 Å². The van der Waals surface area contributed by atoms with Crippen molar-refractivity contribution in [2.24, 2.45) is 0 Å². The molecule has 1 aromatic heterocycles. The van der Waals surface area contributed by atoms with Crippen molar-refractivity contribution in [1.82, 2.24) is 4.98 Å². The molecule has 0 radical (unpaired) electrons. The molecule has 1 aliphatic rings. The van der Waals surface area contributed by atoms with Crippen molar-refractivity contribution in [1.29, 1.82) is 0 Å². The third kappa shape index (κ3) is 1.84. The van der Waals surface area contributed by atoms with Gasteiger partial charge in [-0.15, -0.1) is 0 Å². The summed E-state index contributed by atoms with van der Waals surface area (Å²) in [4.78, 5) is 14.5. The molecule has 1 fully saturated rings. The quantitative estimate of drug-likeness (QED) is 0.793. The lowest BCUT2D eigenvalue weighted by atomic mass is 10.3. The number of carboxylic acid groups (broad SMARTS) is 1. The summed E-state index contributed by atoms with van der Waals surface area (Å²) in [5.41, 5.74) is 0.107. The Labute approximate surface area is 81.5 Å². The Balaban J connectivity index is 2.10. The summed E-state index contributed by atoms with van der Waals surface area (Å²) in [6.45, 7) is 2.01. The number of rotatable bonds is 3. The molecule has 0 amide bonds. The fourth-order valence-electron chi connectivity index (χ4n) is 1.10. The van der Waals surface area contributed by atoms with Crippen LogP contribution in [0.2, 0.25) is 0 Å². The normalized spacial score (nSPS) is 17.5. The third-order valence-electron chi connectivity index (χ3n) is 2.29. The highest BCUT2D eigenvalue weighted by atomic mass is 16.5. The lowest BCUT2D eigenvalue weighted by molar-refractivity contribution is 0.0696. The zero-order chi connectivity index (χ0) is 10.2. The van der Waals surface area contributed by atoms with Crippen LogP contribution in [0.5, 0.6) is 5.88 Å². The second-order valence-corrected chi connectivity index (χ2v) is 3.74. The molecule has 74 valence electrons.